The minimum absolute atomic E-state index is 0.224. The molecule has 3 heterocycles. The third kappa shape index (κ3) is 1.78. The molecule has 0 amide bonds. The fraction of sp³-hybridized carbons (Fsp3) is 0.750. The van der Waals surface area contributed by atoms with E-state index in [2.05, 4.69) is 17.2 Å². The van der Waals surface area contributed by atoms with Gasteiger partial charge in [0.05, 0.1) is 6.20 Å². The Labute approximate surface area is 100 Å². The molecule has 3 nitrogen and oxygen atoms in total. The van der Waals surface area contributed by atoms with E-state index in [1.165, 1.54) is 17.9 Å². The van der Waals surface area contributed by atoms with Crippen molar-refractivity contribution in [3.63, 3.8) is 0 Å². The lowest BCUT2D eigenvalue weighted by atomic mass is 9.88. The van der Waals surface area contributed by atoms with E-state index in [-0.39, 0.29) is 5.41 Å². The molecule has 3 rings (SSSR count). The lowest BCUT2D eigenvalue weighted by Gasteiger charge is -2.18. The molecule has 1 N–H and O–H groups in total. The van der Waals surface area contributed by atoms with Gasteiger partial charge in [-0.15, -0.1) is 0 Å². The minimum atomic E-state index is 0.224. The van der Waals surface area contributed by atoms with E-state index in [0.717, 1.165) is 31.2 Å². The van der Waals surface area contributed by atoms with E-state index in [4.69, 9.17) is 4.42 Å². The first-order valence-corrected chi connectivity index (χ1v) is 7.18. The van der Waals surface area contributed by atoms with Crippen LogP contribution in [-0.2, 0) is 5.41 Å². The average Bonchev–Trinajstić information content (AvgIpc) is 2.98. The molecule has 2 fully saturated rings. The zero-order valence-corrected chi connectivity index (χ0v) is 10.5. The molecule has 1 aromatic heterocycles. The van der Waals surface area contributed by atoms with E-state index < -0.39 is 0 Å². The van der Waals surface area contributed by atoms with Crippen LogP contribution >= 0.6 is 11.8 Å². The Bertz CT molecular complexity index is 365. The summed E-state index contributed by atoms with van der Waals surface area (Å²) >= 11 is 2.02. The third-order valence-corrected chi connectivity index (χ3v) is 5.08. The molecule has 0 bridgehead atoms. The van der Waals surface area contributed by atoms with Crippen LogP contribution in [-0.4, -0.2) is 29.6 Å². The number of hydrogen-bond acceptors (Lipinski definition) is 4. The lowest BCUT2D eigenvalue weighted by molar-refractivity contribution is 0.356. The maximum absolute atomic E-state index is 5.99. The summed E-state index contributed by atoms with van der Waals surface area (Å²) in [6.07, 6.45) is 4.33. The lowest BCUT2D eigenvalue weighted by Crippen LogP contribution is -2.19. The van der Waals surface area contributed by atoms with Crippen LogP contribution in [0.25, 0.3) is 0 Å². The second-order valence-electron chi connectivity index (χ2n) is 5.12. The molecular formula is C12H18N2OS. The first kappa shape index (κ1) is 10.7. The van der Waals surface area contributed by atoms with Gasteiger partial charge in [0.15, 0.2) is 5.89 Å². The molecule has 2 unspecified atom stereocenters. The van der Waals surface area contributed by atoms with Crippen LogP contribution in [0.2, 0.25) is 0 Å². The molecule has 0 radical (unpaired) electrons. The predicted octanol–water partition coefficient (Wildman–Crippen LogP) is 2.15. The van der Waals surface area contributed by atoms with Crippen molar-refractivity contribution < 1.29 is 4.42 Å². The van der Waals surface area contributed by atoms with Gasteiger partial charge in [-0.1, -0.05) is 6.92 Å². The van der Waals surface area contributed by atoms with Gasteiger partial charge in [0, 0.05) is 23.6 Å². The van der Waals surface area contributed by atoms with Crippen molar-refractivity contribution in [2.45, 2.75) is 31.1 Å². The molecule has 0 spiro atoms. The summed E-state index contributed by atoms with van der Waals surface area (Å²) in [6, 6.07) is 0. The molecule has 2 aliphatic rings. The highest BCUT2D eigenvalue weighted by Gasteiger charge is 2.35. The van der Waals surface area contributed by atoms with Crippen LogP contribution in [0.5, 0.6) is 0 Å². The Hall–Kier alpha value is -0.480. The van der Waals surface area contributed by atoms with Gasteiger partial charge in [0.2, 0.25) is 0 Å². The van der Waals surface area contributed by atoms with Gasteiger partial charge in [0.25, 0.3) is 0 Å². The summed E-state index contributed by atoms with van der Waals surface area (Å²) in [6.45, 7) is 4.41. The standard InChI is InChI=1S/C12H18N2OS/c1-12(3-5-16-8-12)10-7-14-11(15-10)9-2-4-13-6-9/h7,9,13H,2-6,8H2,1H3. The summed E-state index contributed by atoms with van der Waals surface area (Å²) in [5.41, 5.74) is 0.224. The second-order valence-corrected chi connectivity index (χ2v) is 6.22. The van der Waals surface area contributed by atoms with Gasteiger partial charge in [-0.2, -0.15) is 11.8 Å². The summed E-state index contributed by atoms with van der Waals surface area (Å²) in [4.78, 5) is 4.47. The number of thioether (sulfide) groups is 1. The maximum atomic E-state index is 5.99. The van der Waals surface area contributed by atoms with Crippen LogP contribution in [0.4, 0.5) is 0 Å². The summed E-state index contributed by atoms with van der Waals surface area (Å²) < 4.78 is 5.99. The smallest absolute Gasteiger partial charge is 0.198 e. The predicted molar refractivity (Wildman–Crippen MR) is 66.0 cm³/mol. The molecule has 16 heavy (non-hydrogen) atoms. The van der Waals surface area contributed by atoms with Crippen molar-refractivity contribution in [3.05, 3.63) is 17.8 Å². The molecule has 0 aromatic carbocycles. The first-order valence-electron chi connectivity index (χ1n) is 6.03. The molecule has 4 heteroatoms. The van der Waals surface area contributed by atoms with Crippen LogP contribution in [0.1, 0.15) is 37.3 Å². The highest BCUT2D eigenvalue weighted by molar-refractivity contribution is 7.99. The zero-order chi connectivity index (χ0) is 11.0. The van der Waals surface area contributed by atoms with Crippen molar-refractivity contribution >= 4 is 11.8 Å². The van der Waals surface area contributed by atoms with Gasteiger partial charge < -0.3 is 9.73 Å². The zero-order valence-electron chi connectivity index (χ0n) is 9.66. The van der Waals surface area contributed by atoms with Crippen LogP contribution in [0.3, 0.4) is 0 Å². The molecule has 2 saturated heterocycles. The van der Waals surface area contributed by atoms with E-state index in [0.29, 0.717) is 5.92 Å². The quantitative estimate of drug-likeness (QED) is 0.856. The van der Waals surface area contributed by atoms with Gasteiger partial charge >= 0.3 is 0 Å². The van der Waals surface area contributed by atoms with Crippen molar-refractivity contribution in [1.29, 1.82) is 0 Å². The Morgan fingerprint density at radius 3 is 3.25 bits per heavy atom. The van der Waals surface area contributed by atoms with Crippen molar-refractivity contribution in [2.75, 3.05) is 24.6 Å². The summed E-state index contributed by atoms with van der Waals surface area (Å²) in [5.74, 6) is 4.95. The highest BCUT2D eigenvalue weighted by atomic mass is 32.2. The maximum Gasteiger partial charge on any atom is 0.198 e. The fourth-order valence-electron chi connectivity index (χ4n) is 2.48. The molecular weight excluding hydrogens is 220 g/mol. The summed E-state index contributed by atoms with van der Waals surface area (Å²) in [5, 5.41) is 3.36. The largest absolute Gasteiger partial charge is 0.445 e. The molecule has 88 valence electrons. The van der Waals surface area contributed by atoms with Crippen LogP contribution < -0.4 is 5.32 Å². The Balaban J connectivity index is 1.81. The van der Waals surface area contributed by atoms with Gasteiger partial charge in [-0.05, 0) is 25.1 Å². The van der Waals surface area contributed by atoms with E-state index in [1.54, 1.807) is 0 Å². The van der Waals surface area contributed by atoms with Gasteiger partial charge in [0.1, 0.15) is 5.76 Å². The van der Waals surface area contributed by atoms with E-state index in [1.807, 2.05) is 18.0 Å². The number of hydrogen-bond donors (Lipinski definition) is 1. The number of nitrogens with zero attached hydrogens (tertiary/aromatic N) is 1. The number of oxazole rings is 1. The number of rotatable bonds is 2. The Morgan fingerprint density at radius 2 is 2.56 bits per heavy atom. The second kappa shape index (κ2) is 4.08. The Morgan fingerprint density at radius 1 is 1.62 bits per heavy atom. The van der Waals surface area contributed by atoms with Gasteiger partial charge in [-0.25, -0.2) is 4.98 Å². The SMILES string of the molecule is CC1(c2cnc(C3CCNC3)o2)CCSC1. The van der Waals surface area contributed by atoms with Gasteiger partial charge in [-0.3, -0.25) is 0 Å². The van der Waals surface area contributed by atoms with E-state index in [9.17, 15) is 0 Å². The van der Waals surface area contributed by atoms with Crippen molar-refractivity contribution in [2.24, 2.45) is 0 Å². The number of aromatic nitrogens is 1. The van der Waals surface area contributed by atoms with Crippen LogP contribution in [0.15, 0.2) is 10.6 Å². The third-order valence-electron chi connectivity index (χ3n) is 3.75. The van der Waals surface area contributed by atoms with E-state index >= 15 is 0 Å². The van der Waals surface area contributed by atoms with Crippen molar-refractivity contribution in [3.8, 4) is 0 Å². The molecule has 0 saturated carbocycles. The minimum Gasteiger partial charge on any atom is -0.445 e. The number of nitrogens with one attached hydrogen (secondary N) is 1. The average molecular weight is 238 g/mol. The molecule has 1 aromatic rings. The monoisotopic (exact) mass is 238 g/mol. The van der Waals surface area contributed by atoms with Crippen molar-refractivity contribution in [1.82, 2.24) is 10.3 Å². The fourth-order valence-corrected chi connectivity index (χ4v) is 3.96. The normalized spacial score (nSPS) is 34.7. The molecule has 0 aliphatic carbocycles. The van der Waals surface area contributed by atoms with Crippen LogP contribution in [0, 0.1) is 0 Å². The molecule has 2 atom stereocenters. The topological polar surface area (TPSA) is 38.1 Å². The Kier molecular flexibility index (Phi) is 2.72. The first-order chi connectivity index (χ1) is 7.78. The highest BCUT2D eigenvalue weighted by Crippen LogP contribution is 2.39. The summed E-state index contributed by atoms with van der Waals surface area (Å²) in [7, 11) is 0. The molecule has 2 aliphatic heterocycles.